The smallest absolute Gasteiger partial charge is 0.284 e. The number of aromatic nitrogens is 2. The molecule has 0 bridgehead atoms. The second-order valence-corrected chi connectivity index (χ2v) is 6.59. The van der Waals surface area contributed by atoms with Crippen LogP contribution in [0, 0.1) is 13.8 Å². The minimum absolute atomic E-state index is 0.0500. The van der Waals surface area contributed by atoms with Crippen molar-refractivity contribution < 1.29 is 13.6 Å². The normalized spacial score (nSPS) is 12.3. The largest absolute Gasteiger partial charge is 0.459 e. The number of carbonyl (C=O) groups is 1. The van der Waals surface area contributed by atoms with Crippen LogP contribution in [0.25, 0.3) is 11.7 Å². The summed E-state index contributed by atoms with van der Waals surface area (Å²) in [6.07, 6.45) is 1.54. The number of Topliss-reactive ketones (excluding diaryl/α,β-unsaturated/α-hetero) is 1. The number of thioether (sulfide) groups is 1. The first-order valence-corrected chi connectivity index (χ1v) is 8.08. The van der Waals surface area contributed by atoms with E-state index in [0.717, 1.165) is 16.7 Å². The number of carbonyl (C=O) groups excluding carboxylic acids is 1. The van der Waals surface area contributed by atoms with E-state index in [1.165, 1.54) is 11.8 Å². The van der Waals surface area contributed by atoms with Gasteiger partial charge in [0.15, 0.2) is 11.5 Å². The van der Waals surface area contributed by atoms with Crippen molar-refractivity contribution in [2.45, 2.75) is 31.2 Å². The molecule has 2 heterocycles. The zero-order valence-electron chi connectivity index (χ0n) is 13.1. The Morgan fingerprint density at radius 1 is 1.22 bits per heavy atom. The number of benzene rings is 1. The van der Waals surface area contributed by atoms with E-state index in [2.05, 4.69) is 10.2 Å². The van der Waals surface area contributed by atoms with Crippen molar-refractivity contribution in [3.05, 3.63) is 53.3 Å². The molecule has 0 fully saturated rings. The summed E-state index contributed by atoms with van der Waals surface area (Å²) in [5, 5.41) is 7.93. The van der Waals surface area contributed by atoms with Gasteiger partial charge in [-0.15, -0.1) is 10.2 Å². The molecule has 3 aromatic rings. The average molecular weight is 328 g/mol. The van der Waals surface area contributed by atoms with Crippen molar-refractivity contribution >= 4 is 17.5 Å². The minimum Gasteiger partial charge on any atom is -0.459 e. The van der Waals surface area contributed by atoms with E-state index >= 15 is 0 Å². The molecule has 0 radical (unpaired) electrons. The molecule has 3 rings (SSSR count). The van der Waals surface area contributed by atoms with Gasteiger partial charge >= 0.3 is 0 Å². The standard InChI is InChI=1S/C17H16N2O3S/c1-10-6-7-11(2)13(9-10)15(20)12(3)23-17-19-18-16(22-17)14-5-4-8-21-14/h4-9,12H,1-3H3/t12-/m0/s1. The molecule has 0 spiro atoms. The highest BCUT2D eigenvalue weighted by Crippen LogP contribution is 2.28. The molecule has 0 saturated carbocycles. The van der Waals surface area contributed by atoms with Crippen LogP contribution in [0.3, 0.4) is 0 Å². The Hall–Kier alpha value is -2.34. The summed E-state index contributed by atoms with van der Waals surface area (Å²) in [5.41, 5.74) is 2.76. The van der Waals surface area contributed by atoms with Gasteiger partial charge in [-0.25, -0.2) is 0 Å². The van der Waals surface area contributed by atoms with E-state index in [1.807, 2.05) is 39.0 Å². The lowest BCUT2D eigenvalue weighted by molar-refractivity contribution is 0.0993. The van der Waals surface area contributed by atoms with Gasteiger partial charge in [0.25, 0.3) is 11.1 Å². The van der Waals surface area contributed by atoms with Crippen molar-refractivity contribution in [3.8, 4) is 11.7 Å². The van der Waals surface area contributed by atoms with E-state index in [9.17, 15) is 4.79 Å². The third kappa shape index (κ3) is 3.37. The summed E-state index contributed by atoms with van der Waals surface area (Å²) in [5.74, 6) is 0.871. The molecule has 23 heavy (non-hydrogen) atoms. The molecule has 2 aromatic heterocycles. The van der Waals surface area contributed by atoms with Crippen LogP contribution in [-0.4, -0.2) is 21.2 Å². The number of ketones is 1. The van der Waals surface area contributed by atoms with Crippen molar-refractivity contribution in [2.24, 2.45) is 0 Å². The summed E-state index contributed by atoms with van der Waals surface area (Å²) < 4.78 is 10.7. The van der Waals surface area contributed by atoms with Gasteiger partial charge in [-0.2, -0.15) is 0 Å². The number of rotatable bonds is 5. The number of nitrogens with zero attached hydrogens (tertiary/aromatic N) is 2. The molecule has 0 aliphatic rings. The van der Waals surface area contributed by atoms with E-state index in [0.29, 0.717) is 16.9 Å². The summed E-state index contributed by atoms with van der Waals surface area (Å²) in [4.78, 5) is 12.6. The topological polar surface area (TPSA) is 69.1 Å². The highest BCUT2D eigenvalue weighted by Gasteiger charge is 2.21. The van der Waals surface area contributed by atoms with Crippen LogP contribution >= 0.6 is 11.8 Å². The molecule has 0 saturated heterocycles. The molecule has 118 valence electrons. The van der Waals surface area contributed by atoms with Crippen LogP contribution < -0.4 is 0 Å². The molecule has 0 N–H and O–H groups in total. The number of hydrogen-bond acceptors (Lipinski definition) is 6. The number of aryl methyl sites for hydroxylation is 2. The van der Waals surface area contributed by atoms with Crippen LogP contribution in [-0.2, 0) is 0 Å². The summed E-state index contributed by atoms with van der Waals surface area (Å²) in [7, 11) is 0. The van der Waals surface area contributed by atoms with Crippen molar-refractivity contribution in [2.75, 3.05) is 0 Å². The van der Waals surface area contributed by atoms with Gasteiger partial charge in [0.2, 0.25) is 0 Å². The monoisotopic (exact) mass is 328 g/mol. The lowest BCUT2D eigenvalue weighted by Crippen LogP contribution is -2.15. The van der Waals surface area contributed by atoms with Gasteiger partial charge in [-0.3, -0.25) is 4.79 Å². The first-order valence-electron chi connectivity index (χ1n) is 7.20. The lowest BCUT2D eigenvalue weighted by Gasteiger charge is -2.10. The number of furan rings is 1. The fourth-order valence-corrected chi connectivity index (χ4v) is 2.93. The fourth-order valence-electron chi connectivity index (χ4n) is 2.18. The van der Waals surface area contributed by atoms with Gasteiger partial charge in [0.05, 0.1) is 11.5 Å². The summed E-state index contributed by atoms with van der Waals surface area (Å²) >= 11 is 1.25. The molecular weight excluding hydrogens is 312 g/mol. The van der Waals surface area contributed by atoms with Gasteiger partial charge in [0.1, 0.15) is 0 Å². The maximum absolute atomic E-state index is 12.6. The first-order chi connectivity index (χ1) is 11.0. The predicted molar refractivity (Wildman–Crippen MR) is 87.6 cm³/mol. The highest BCUT2D eigenvalue weighted by molar-refractivity contribution is 8.00. The summed E-state index contributed by atoms with van der Waals surface area (Å²) in [6.45, 7) is 5.75. The Bertz CT molecular complexity index is 824. The Morgan fingerprint density at radius 3 is 2.78 bits per heavy atom. The van der Waals surface area contributed by atoms with Crippen LogP contribution in [0.4, 0.5) is 0 Å². The van der Waals surface area contributed by atoms with E-state index in [1.54, 1.807) is 18.4 Å². The van der Waals surface area contributed by atoms with Crippen molar-refractivity contribution in [1.82, 2.24) is 10.2 Å². The maximum Gasteiger partial charge on any atom is 0.284 e. The highest BCUT2D eigenvalue weighted by atomic mass is 32.2. The van der Waals surface area contributed by atoms with Gasteiger partial charge < -0.3 is 8.83 Å². The van der Waals surface area contributed by atoms with Crippen LogP contribution in [0.5, 0.6) is 0 Å². The SMILES string of the molecule is Cc1ccc(C)c(C(=O)[C@H](C)Sc2nnc(-c3ccco3)o2)c1. The molecule has 0 amide bonds. The zero-order valence-corrected chi connectivity index (χ0v) is 13.9. The van der Waals surface area contributed by atoms with Crippen LogP contribution in [0.1, 0.15) is 28.4 Å². The molecular formula is C17H16N2O3S. The Balaban J connectivity index is 1.75. The zero-order chi connectivity index (χ0) is 16.4. The molecule has 1 atom stereocenters. The van der Waals surface area contributed by atoms with Crippen molar-refractivity contribution in [1.29, 1.82) is 0 Å². The Morgan fingerprint density at radius 2 is 2.04 bits per heavy atom. The number of hydrogen-bond donors (Lipinski definition) is 0. The molecule has 0 aliphatic heterocycles. The fraction of sp³-hybridized carbons (Fsp3) is 0.235. The van der Waals surface area contributed by atoms with E-state index < -0.39 is 0 Å². The van der Waals surface area contributed by atoms with Gasteiger partial charge in [-0.05, 0) is 44.5 Å². The second-order valence-electron chi connectivity index (χ2n) is 5.29. The molecule has 5 nitrogen and oxygen atoms in total. The third-order valence-corrected chi connectivity index (χ3v) is 4.38. The van der Waals surface area contributed by atoms with Gasteiger partial charge in [0, 0.05) is 5.56 Å². The van der Waals surface area contributed by atoms with Crippen LogP contribution in [0.15, 0.2) is 50.7 Å². The first kappa shape index (κ1) is 15.6. The molecule has 0 aliphatic carbocycles. The Labute approximate surface area is 138 Å². The maximum atomic E-state index is 12.6. The quantitative estimate of drug-likeness (QED) is 0.513. The summed E-state index contributed by atoms with van der Waals surface area (Å²) in [6, 6.07) is 9.36. The Kier molecular flexibility index (Phi) is 4.34. The van der Waals surface area contributed by atoms with Crippen molar-refractivity contribution in [3.63, 3.8) is 0 Å². The average Bonchev–Trinajstić information content (AvgIpc) is 3.19. The van der Waals surface area contributed by atoms with E-state index in [-0.39, 0.29) is 11.0 Å². The van der Waals surface area contributed by atoms with E-state index in [4.69, 9.17) is 8.83 Å². The second kappa shape index (κ2) is 6.42. The molecule has 0 unspecified atom stereocenters. The lowest BCUT2D eigenvalue weighted by atomic mass is 10.0. The molecule has 6 heteroatoms. The van der Waals surface area contributed by atoms with Crippen LogP contribution in [0.2, 0.25) is 0 Å². The van der Waals surface area contributed by atoms with Gasteiger partial charge in [-0.1, -0.05) is 29.5 Å². The molecule has 1 aromatic carbocycles. The third-order valence-electron chi connectivity index (χ3n) is 3.44. The predicted octanol–water partition coefficient (Wildman–Crippen LogP) is 4.31. The minimum atomic E-state index is -0.319.